The van der Waals surface area contributed by atoms with E-state index in [4.69, 9.17) is 21.9 Å². The van der Waals surface area contributed by atoms with Crippen LogP contribution in [0.2, 0.25) is 5.02 Å². The monoisotopic (exact) mass is 252 g/mol. The van der Waals surface area contributed by atoms with Crippen LogP contribution in [0.15, 0.2) is 22.9 Å². The number of hydrogen-bond acceptors (Lipinski definition) is 5. The summed E-state index contributed by atoms with van der Waals surface area (Å²) in [6.07, 6.45) is 1.54. The Kier molecular flexibility index (Phi) is 3.13. The zero-order valence-corrected chi connectivity index (χ0v) is 10.4. The van der Waals surface area contributed by atoms with Gasteiger partial charge in [0.15, 0.2) is 0 Å². The molecule has 0 radical (unpaired) electrons. The summed E-state index contributed by atoms with van der Waals surface area (Å²) >= 11 is 5.76. The Balaban J connectivity index is 2.33. The van der Waals surface area contributed by atoms with E-state index in [0.29, 0.717) is 29.0 Å². The predicted octanol–water partition coefficient (Wildman–Crippen LogP) is 2.02. The lowest BCUT2D eigenvalue weighted by molar-refractivity contribution is 0.311. The maximum atomic E-state index is 5.76. The number of nitrogens with two attached hydrogens (primary N) is 1. The average Bonchev–Trinajstić information content (AvgIpc) is 2.80. The Labute approximate surface area is 104 Å². The summed E-state index contributed by atoms with van der Waals surface area (Å²) in [5.74, 6) is 0.949. The Morgan fingerprint density at radius 3 is 2.76 bits per heavy atom. The van der Waals surface area contributed by atoms with Gasteiger partial charge in [-0.25, -0.2) is 0 Å². The fourth-order valence-electron chi connectivity index (χ4n) is 1.20. The number of hydrogen-bond donors (Lipinski definition) is 1. The van der Waals surface area contributed by atoms with E-state index in [1.165, 1.54) is 0 Å². The second kappa shape index (κ2) is 4.43. The third-order valence-electron chi connectivity index (χ3n) is 2.47. The molecule has 6 heteroatoms. The first-order chi connectivity index (χ1) is 8.03. The molecule has 2 aromatic rings. The van der Waals surface area contributed by atoms with E-state index in [1.54, 1.807) is 18.3 Å². The molecule has 0 atom stereocenters. The largest absolute Gasteiger partial charge is 0.338 e. The van der Waals surface area contributed by atoms with Crippen LogP contribution < -0.4 is 5.73 Å². The highest BCUT2D eigenvalue weighted by Gasteiger charge is 2.26. The van der Waals surface area contributed by atoms with Crippen LogP contribution in [-0.4, -0.2) is 21.7 Å². The zero-order valence-electron chi connectivity index (χ0n) is 9.64. The molecule has 2 rings (SSSR count). The van der Waals surface area contributed by atoms with E-state index in [9.17, 15) is 0 Å². The van der Waals surface area contributed by atoms with E-state index in [0.717, 1.165) is 0 Å². The minimum absolute atomic E-state index is 0.336. The lowest BCUT2D eigenvalue weighted by Gasteiger charge is -2.15. The standard InChI is InChI=1S/C11H13ClN4O/c1-11(2,6-13)10-15-9(16-17-10)8-4-3-7(12)5-14-8/h3-5H,6,13H2,1-2H3. The van der Waals surface area contributed by atoms with E-state index in [-0.39, 0.29) is 5.41 Å². The van der Waals surface area contributed by atoms with Gasteiger partial charge in [0.2, 0.25) is 11.7 Å². The topological polar surface area (TPSA) is 77.8 Å². The van der Waals surface area contributed by atoms with Gasteiger partial charge in [0.05, 0.1) is 10.4 Å². The van der Waals surface area contributed by atoms with Crippen molar-refractivity contribution in [1.82, 2.24) is 15.1 Å². The van der Waals surface area contributed by atoms with Crippen molar-refractivity contribution < 1.29 is 4.52 Å². The van der Waals surface area contributed by atoms with Crippen molar-refractivity contribution >= 4 is 11.6 Å². The summed E-state index contributed by atoms with van der Waals surface area (Å²) in [5, 5.41) is 4.45. The molecule has 2 heterocycles. The van der Waals surface area contributed by atoms with Gasteiger partial charge in [-0.15, -0.1) is 0 Å². The molecule has 0 aliphatic rings. The summed E-state index contributed by atoms with van der Waals surface area (Å²) in [5.41, 5.74) is 5.93. The van der Waals surface area contributed by atoms with Crippen molar-refractivity contribution in [3.8, 4) is 11.5 Å². The number of rotatable bonds is 3. The molecule has 0 aliphatic heterocycles. The predicted molar refractivity (Wildman–Crippen MR) is 64.6 cm³/mol. The van der Waals surface area contributed by atoms with E-state index >= 15 is 0 Å². The minimum atomic E-state index is -0.336. The van der Waals surface area contributed by atoms with Gasteiger partial charge in [-0.3, -0.25) is 4.98 Å². The highest BCUT2D eigenvalue weighted by Crippen LogP contribution is 2.22. The van der Waals surface area contributed by atoms with Gasteiger partial charge in [0.1, 0.15) is 5.69 Å². The number of nitrogens with zero attached hydrogens (tertiary/aromatic N) is 3. The molecule has 0 saturated heterocycles. The second-order valence-electron chi connectivity index (χ2n) is 4.37. The third-order valence-corrected chi connectivity index (χ3v) is 2.70. The van der Waals surface area contributed by atoms with Crippen LogP contribution in [0.4, 0.5) is 0 Å². The van der Waals surface area contributed by atoms with Crippen LogP contribution in [0.3, 0.4) is 0 Å². The molecule has 5 nitrogen and oxygen atoms in total. The van der Waals surface area contributed by atoms with Gasteiger partial charge >= 0.3 is 0 Å². The molecule has 0 saturated carbocycles. The average molecular weight is 253 g/mol. The molecule has 0 unspecified atom stereocenters. The summed E-state index contributed by atoms with van der Waals surface area (Å²) < 4.78 is 5.19. The van der Waals surface area contributed by atoms with E-state index in [1.807, 2.05) is 13.8 Å². The first kappa shape index (κ1) is 12.0. The van der Waals surface area contributed by atoms with Crippen molar-refractivity contribution in [2.45, 2.75) is 19.3 Å². The highest BCUT2D eigenvalue weighted by atomic mass is 35.5. The van der Waals surface area contributed by atoms with Crippen molar-refractivity contribution in [3.05, 3.63) is 29.2 Å². The molecule has 0 aromatic carbocycles. The molecule has 0 fully saturated rings. The summed E-state index contributed by atoms with van der Waals surface area (Å²) in [7, 11) is 0. The molecule has 2 aromatic heterocycles. The summed E-state index contributed by atoms with van der Waals surface area (Å²) in [4.78, 5) is 8.41. The zero-order chi connectivity index (χ0) is 12.5. The van der Waals surface area contributed by atoms with Crippen molar-refractivity contribution in [2.24, 2.45) is 5.73 Å². The Morgan fingerprint density at radius 2 is 2.18 bits per heavy atom. The fraction of sp³-hybridized carbons (Fsp3) is 0.364. The molecule has 17 heavy (non-hydrogen) atoms. The van der Waals surface area contributed by atoms with Crippen LogP contribution >= 0.6 is 11.6 Å². The molecular weight excluding hydrogens is 240 g/mol. The van der Waals surface area contributed by atoms with Crippen LogP contribution in [0.1, 0.15) is 19.7 Å². The van der Waals surface area contributed by atoms with Crippen LogP contribution in [-0.2, 0) is 5.41 Å². The van der Waals surface area contributed by atoms with Gasteiger partial charge in [0, 0.05) is 12.7 Å². The Morgan fingerprint density at radius 1 is 1.41 bits per heavy atom. The maximum Gasteiger partial charge on any atom is 0.233 e. The van der Waals surface area contributed by atoms with Gasteiger partial charge in [-0.1, -0.05) is 16.8 Å². The number of aromatic nitrogens is 3. The second-order valence-corrected chi connectivity index (χ2v) is 4.81. The molecule has 0 amide bonds. The molecule has 0 aliphatic carbocycles. The van der Waals surface area contributed by atoms with Crippen LogP contribution in [0.25, 0.3) is 11.5 Å². The Bertz CT molecular complexity index is 506. The fourth-order valence-corrected chi connectivity index (χ4v) is 1.31. The van der Waals surface area contributed by atoms with Gasteiger partial charge in [-0.05, 0) is 26.0 Å². The van der Waals surface area contributed by atoms with Crippen molar-refractivity contribution in [3.63, 3.8) is 0 Å². The first-order valence-corrected chi connectivity index (χ1v) is 5.57. The third kappa shape index (κ3) is 2.45. The quantitative estimate of drug-likeness (QED) is 0.904. The van der Waals surface area contributed by atoms with Gasteiger partial charge in [-0.2, -0.15) is 4.98 Å². The SMILES string of the molecule is CC(C)(CN)c1nc(-c2ccc(Cl)cn2)no1. The van der Waals surface area contributed by atoms with Crippen molar-refractivity contribution in [2.75, 3.05) is 6.54 Å². The maximum absolute atomic E-state index is 5.76. The smallest absolute Gasteiger partial charge is 0.233 e. The van der Waals surface area contributed by atoms with E-state index < -0.39 is 0 Å². The van der Waals surface area contributed by atoms with Crippen LogP contribution in [0, 0.1) is 0 Å². The lowest BCUT2D eigenvalue weighted by atomic mass is 9.94. The van der Waals surface area contributed by atoms with Crippen molar-refractivity contribution in [1.29, 1.82) is 0 Å². The van der Waals surface area contributed by atoms with Crippen LogP contribution in [0.5, 0.6) is 0 Å². The molecule has 0 bridgehead atoms. The molecule has 0 spiro atoms. The van der Waals surface area contributed by atoms with Gasteiger partial charge < -0.3 is 10.3 Å². The first-order valence-electron chi connectivity index (χ1n) is 5.19. The number of halogens is 1. The minimum Gasteiger partial charge on any atom is -0.338 e. The molecule has 90 valence electrons. The highest BCUT2D eigenvalue weighted by molar-refractivity contribution is 6.30. The molecular formula is C11H13ClN4O. The van der Waals surface area contributed by atoms with E-state index in [2.05, 4.69) is 15.1 Å². The molecule has 2 N–H and O–H groups in total. The Hall–Kier alpha value is -1.46. The van der Waals surface area contributed by atoms with Gasteiger partial charge in [0.25, 0.3) is 0 Å². The normalized spacial score (nSPS) is 11.8. The summed E-state index contributed by atoms with van der Waals surface area (Å²) in [6, 6.07) is 3.47. The lowest BCUT2D eigenvalue weighted by Crippen LogP contribution is -2.28. The summed E-state index contributed by atoms with van der Waals surface area (Å²) in [6.45, 7) is 4.32. The number of pyridine rings is 1.